The molecule has 0 saturated carbocycles. The second-order valence-corrected chi connectivity index (χ2v) is 5.13. The van der Waals surface area contributed by atoms with Crippen molar-refractivity contribution >= 4 is 37.5 Å². The zero-order chi connectivity index (χ0) is 13.9. The fourth-order valence-electron chi connectivity index (χ4n) is 1.04. The van der Waals surface area contributed by atoms with Crippen molar-refractivity contribution in [1.82, 2.24) is 0 Å². The van der Waals surface area contributed by atoms with Gasteiger partial charge in [0.2, 0.25) is 5.75 Å². The maximum Gasteiger partial charge on any atom is 0.404 e. The van der Waals surface area contributed by atoms with Crippen LogP contribution in [0.25, 0.3) is 0 Å². The van der Waals surface area contributed by atoms with E-state index in [0.29, 0.717) is 0 Å². The van der Waals surface area contributed by atoms with Gasteiger partial charge in [-0.05, 0) is 22.0 Å². The number of alkyl halides is 4. The Morgan fingerprint density at radius 2 is 2.06 bits per heavy atom. The average Bonchev–Trinajstić information content (AvgIpc) is 2.25. The summed E-state index contributed by atoms with van der Waals surface area (Å²) in [6.07, 6.45) is -4.48. The Balaban J connectivity index is 2.88. The van der Waals surface area contributed by atoms with Crippen molar-refractivity contribution < 1.29 is 22.8 Å². The molecule has 1 rings (SSSR count). The van der Waals surface area contributed by atoms with Crippen LogP contribution in [0, 0.1) is 10.1 Å². The molecule has 0 fully saturated rings. The second kappa shape index (κ2) is 5.87. The average molecular weight is 393 g/mol. The monoisotopic (exact) mass is 391 g/mol. The molecular formula is C9H6Br2F3NO3. The van der Waals surface area contributed by atoms with Crippen molar-refractivity contribution in [3.63, 3.8) is 0 Å². The van der Waals surface area contributed by atoms with Crippen molar-refractivity contribution in [2.45, 2.75) is 11.0 Å². The summed E-state index contributed by atoms with van der Waals surface area (Å²) in [6, 6.07) is 3.99. The summed E-state index contributed by atoms with van der Waals surface area (Å²) in [6.45, 7) is -0.757. The third-order valence-electron chi connectivity index (χ3n) is 1.87. The normalized spacial score (nSPS) is 13.2. The van der Waals surface area contributed by atoms with Crippen LogP contribution >= 0.6 is 31.9 Å². The number of para-hydroxylation sites is 1. The quantitative estimate of drug-likeness (QED) is 0.441. The summed E-state index contributed by atoms with van der Waals surface area (Å²) in [7, 11) is 0. The summed E-state index contributed by atoms with van der Waals surface area (Å²) in [4.78, 5) is 8.07. The van der Waals surface area contributed by atoms with Crippen LogP contribution in [0.15, 0.2) is 22.7 Å². The maximum atomic E-state index is 12.2. The molecule has 0 heterocycles. The molecule has 0 saturated heterocycles. The van der Waals surface area contributed by atoms with Gasteiger partial charge in [0.15, 0.2) is 0 Å². The van der Waals surface area contributed by atoms with Crippen LogP contribution in [0.2, 0.25) is 0 Å². The Morgan fingerprint density at radius 3 is 2.56 bits per heavy atom. The molecule has 18 heavy (non-hydrogen) atoms. The number of nitro groups is 1. The predicted molar refractivity (Wildman–Crippen MR) is 65.1 cm³/mol. The number of ether oxygens (including phenoxy) is 1. The highest BCUT2D eigenvalue weighted by atomic mass is 79.9. The van der Waals surface area contributed by atoms with Crippen LogP contribution in [0.3, 0.4) is 0 Å². The van der Waals surface area contributed by atoms with E-state index < -0.39 is 28.2 Å². The van der Waals surface area contributed by atoms with Gasteiger partial charge in [0, 0.05) is 6.07 Å². The lowest BCUT2D eigenvalue weighted by molar-refractivity contribution is -0.386. The Bertz CT molecular complexity index is 453. The molecule has 1 aromatic carbocycles. The van der Waals surface area contributed by atoms with Crippen LogP contribution < -0.4 is 4.74 Å². The van der Waals surface area contributed by atoms with Gasteiger partial charge in [0.1, 0.15) is 11.4 Å². The van der Waals surface area contributed by atoms with Crippen molar-refractivity contribution in [2.75, 3.05) is 6.61 Å². The van der Waals surface area contributed by atoms with Gasteiger partial charge in [-0.25, -0.2) is 0 Å². The summed E-state index contributed by atoms with van der Waals surface area (Å²) in [5.74, 6) is -0.226. The first-order chi connectivity index (χ1) is 8.23. The zero-order valence-corrected chi connectivity index (χ0v) is 11.8. The van der Waals surface area contributed by atoms with Crippen molar-refractivity contribution in [3.8, 4) is 5.75 Å². The molecule has 0 aliphatic carbocycles. The number of halogens is 5. The van der Waals surface area contributed by atoms with Gasteiger partial charge < -0.3 is 4.74 Å². The molecule has 0 aromatic heterocycles. The highest BCUT2D eigenvalue weighted by molar-refractivity contribution is 9.10. The van der Waals surface area contributed by atoms with E-state index >= 15 is 0 Å². The fourth-order valence-corrected chi connectivity index (χ4v) is 1.64. The first kappa shape index (κ1) is 15.2. The van der Waals surface area contributed by atoms with Crippen LogP contribution in [-0.4, -0.2) is 22.5 Å². The Labute approximate surface area is 117 Å². The number of nitro benzene ring substituents is 1. The molecule has 1 unspecified atom stereocenters. The molecule has 1 aromatic rings. The summed E-state index contributed by atoms with van der Waals surface area (Å²) < 4.78 is 41.8. The molecule has 0 N–H and O–H groups in total. The lowest BCUT2D eigenvalue weighted by Crippen LogP contribution is -2.29. The van der Waals surface area contributed by atoms with Gasteiger partial charge in [-0.1, -0.05) is 22.0 Å². The van der Waals surface area contributed by atoms with Crippen molar-refractivity contribution in [1.29, 1.82) is 0 Å². The fraction of sp³-hybridized carbons (Fsp3) is 0.333. The first-order valence-electron chi connectivity index (χ1n) is 4.50. The van der Waals surface area contributed by atoms with Crippen LogP contribution in [0.4, 0.5) is 18.9 Å². The van der Waals surface area contributed by atoms with E-state index in [2.05, 4.69) is 31.9 Å². The number of rotatable bonds is 4. The van der Waals surface area contributed by atoms with E-state index in [9.17, 15) is 23.3 Å². The van der Waals surface area contributed by atoms with E-state index in [4.69, 9.17) is 4.74 Å². The lowest BCUT2D eigenvalue weighted by Gasteiger charge is -2.15. The molecule has 0 aliphatic heterocycles. The Hall–Kier alpha value is -0.830. The third kappa shape index (κ3) is 3.84. The van der Waals surface area contributed by atoms with Gasteiger partial charge >= 0.3 is 11.9 Å². The van der Waals surface area contributed by atoms with Gasteiger partial charge in [0.25, 0.3) is 0 Å². The topological polar surface area (TPSA) is 52.4 Å². The minimum Gasteiger partial charge on any atom is -0.484 e. The Morgan fingerprint density at radius 1 is 1.44 bits per heavy atom. The first-order valence-corrected chi connectivity index (χ1v) is 6.21. The highest BCUT2D eigenvalue weighted by Gasteiger charge is 2.38. The molecule has 9 heteroatoms. The molecule has 0 amide bonds. The minimum absolute atomic E-state index is 0.221. The zero-order valence-electron chi connectivity index (χ0n) is 8.58. The number of benzene rings is 1. The molecular weight excluding hydrogens is 387 g/mol. The standard InChI is InChI=1S/C9H6Br2F3NO3/c10-5-2-1-3-6(15(16)17)8(5)18-4-7(11)9(12,13)14/h1-3,7H,4H2. The molecule has 0 aliphatic rings. The van der Waals surface area contributed by atoms with Crippen molar-refractivity contribution in [2.24, 2.45) is 0 Å². The molecule has 0 radical (unpaired) electrons. The Kier molecular flexibility index (Phi) is 4.97. The van der Waals surface area contributed by atoms with Gasteiger partial charge in [-0.15, -0.1) is 0 Å². The van der Waals surface area contributed by atoms with Crippen LogP contribution in [0.1, 0.15) is 0 Å². The SMILES string of the molecule is O=[N+]([O-])c1cccc(Br)c1OCC(Br)C(F)(F)F. The van der Waals surface area contributed by atoms with E-state index in [0.717, 1.165) is 6.07 Å². The smallest absolute Gasteiger partial charge is 0.404 e. The second-order valence-electron chi connectivity index (χ2n) is 3.17. The van der Waals surface area contributed by atoms with E-state index in [1.807, 2.05) is 0 Å². The molecule has 0 bridgehead atoms. The summed E-state index contributed by atoms with van der Waals surface area (Å²) in [5, 5.41) is 10.7. The highest BCUT2D eigenvalue weighted by Crippen LogP contribution is 2.36. The van der Waals surface area contributed by atoms with Crippen LogP contribution in [-0.2, 0) is 0 Å². The molecule has 1 atom stereocenters. The summed E-state index contributed by atoms with van der Waals surface area (Å²) >= 11 is 5.40. The van der Waals surface area contributed by atoms with Gasteiger partial charge in [0.05, 0.1) is 9.40 Å². The largest absolute Gasteiger partial charge is 0.484 e. The predicted octanol–water partition coefficient (Wildman–Crippen LogP) is 4.06. The van der Waals surface area contributed by atoms with Crippen LogP contribution in [0.5, 0.6) is 5.75 Å². The molecule has 100 valence electrons. The van der Waals surface area contributed by atoms with E-state index in [1.54, 1.807) is 0 Å². The lowest BCUT2D eigenvalue weighted by atomic mass is 10.3. The van der Waals surface area contributed by atoms with Gasteiger partial charge in [-0.3, -0.25) is 10.1 Å². The van der Waals surface area contributed by atoms with Gasteiger partial charge in [-0.2, -0.15) is 13.2 Å². The molecule has 0 spiro atoms. The summed E-state index contributed by atoms with van der Waals surface area (Å²) in [5.41, 5.74) is -0.397. The molecule has 4 nitrogen and oxygen atoms in total. The number of nitrogens with zero attached hydrogens (tertiary/aromatic N) is 1. The number of hydrogen-bond donors (Lipinski definition) is 0. The number of hydrogen-bond acceptors (Lipinski definition) is 3. The van der Waals surface area contributed by atoms with E-state index in [1.165, 1.54) is 12.1 Å². The minimum atomic E-state index is -4.48. The maximum absolute atomic E-state index is 12.2. The van der Waals surface area contributed by atoms with Crippen molar-refractivity contribution in [3.05, 3.63) is 32.8 Å². The third-order valence-corrected chi connectivity index (χ3v) is 3.28. The van der Waals surface area contributed by atoms with E-state index in [-0.39, 0.29) is 10.2 Å².